The quantitative estimate of drug-likeness (QED) is 0.177. The van der Waals surface area contributed by atoms with Gasteiger partial charge in [-0.25, -0.2) is 0 Å². The van der Waals surface area contributed by atoms with Gasteiger partial charge in [0.25, 0.3) is 0 Å². The number of hydrogen-bond acceptors (Lipinski definition) is 3. The van der Waals surface area contributed by atoms with Crippen LogP contribution in [0.15, 0.2) is 0 Å². The minimum Gasteiger partial charge on any atom is -0.314 e. The molecule has 0 saturated heterocycles. The fourth-order valence-corrected chi connectivity index (χ4v) is 5.67. The van der Waals surface area contributed by atoms with E-state index in [0.717, 1.165) is 18.6 Å². The van der Waals surface area contributed by atoms with Gasteiger partial charge in [0.15, 0.2) is 0 Å². The highest BCUT2D eigenvalue weighted by atomic mass is 33.1. The smallest absolute Gasteiger partial charge is 0.310 e. The molecule has 0 aliphatic rings. The van der Waals surface area contributed by atoms with E-state index in [1.807, 2.05) is 0 Å². The minimum absolute atomic E-state index is 0.594. The van der Waals surface area contributed by atoms with Crippen molar-refractivity contribution in [3.63, 3.8) is 0 Å². The first-order valence-corrected chi connectivity index (χ1v) is 13.1. The third-order valence-corrected chi connectivity index (χ3v) is 8.04. The highest BCUT2D eigenvalue weighted by Gasteiger charge is 2.17. The lowest BCUT2D eigenvalue weighted by molar-refractivity contribution is 0.322. The van der Waals surface area contributed by atoms with Crippen LogP contribution < -0.4 is 0 Å². The van der Waals surface area contributed by atoms with Gasteiger partial charge in [0.1, 0.15) is 0 Å². The molecule has 0 N–H and O–H groups in total. The molecule has 5 heteroatoms. The number of rotatable bonds is 16. The van der Waals surface area contributed by atoms with Gasteiger partial charge in [0, 0.05) is 5.75 Å². The average molecular weight is 355 g/mol. The first-order valence-electron chi connectivity index (χ1n) is 8.74. The summed E-state index contributed by atoms with van der Waals surface area (Å²) in [5, 5.41) is 0. The van der Waals surface area contributed by atoms with Crippen molar-refractivity contribution in [1.82, 2.24) is 0 Å². The summed E-state index contributed by atoms with van der Waals surface area (Å²) < 4.78 is 17.6. The second-order valence-electron chi connectivity index (χ2n) is 5.67. The molecule has 0 amide bonds. The fraction of sp³-hybridized carbons (Fsp3) is 1.00. The SMILES string of the molecule is CCCCCCCCOP(=O)(S)SCCCCCCCC. The summed E-state index contributed by atoms with van der Waals surface area (Å²) in [7, 11) is 0. The molecule has 0 aliphatic carbocycles. The molecule has 0 aromatic carbocycles. The van der Waals surface area contributed by atoms with E-state index in [2.05, 4.69) is 26.1 Å². The van der Waals surface area contributed by atoms with Gasteiger partial charge in [-0.05, 0) is 12.8 Å². The summed E-state index contributed by atoms with van der Waals surface area (Å²) in [6, 6.07) is 0. The van der Waals surface area contributed by atoms with Crippen LogP contribution in [0.25, 0.3) is 0 Å². The Hall–Kier alpha value is 0.890. The molecule has 0 spiro atoms. The maximum absolute atomic E-state index is 12.1. The predicted molar refractivity (Wildman–Crippen MR) is 102 cm³/mol. The third kappa shape index (κ3) is 17.1. The van der Waals surface area contributed by atoms with Crippen molar-refractivity contribution in [2.75, 3.05) is 12.4 Å². The predicted octanol–water partition coefficient (Wildman–Crippen LogP) is 7.50. The third-order valence-electron chi connectivity index (χ3n) is 3.50. The van der Waals surface area contributed by atoms with Crippen LogP contribution in [0.2, 0.25) is 0 Å². The largest absolute Gasteiger partial charge is 0.314 e. The Labute approximate surface area is 141 Å². The summed E-state index contributed by atoms with van der Waals surface area (Å²) in [5.41, 5.74) is 0. The van der Waals surface area contributed by atoms with E-state index in [0.29, 0.717) is 6.61 Å². The Bertz CT molecular complexity index is 241. The molecule has 0 aromatic heterocycles. The van der Waals surface area contributed by atoms with Gasteiger partial charge < -0.3 is 4.52 Å². The van der Waals surface area contributed by atoms with Crippen molar-refractivity contribution in [3.05, 3.63) is 0 Å². The van der Waals surface area contributed by atoms with Crippen LogP contribution in [0.4, 0.5) is 0 Å². The molecule has 1 unspecified atom stereocenters. The van der Waals surface area contributed by atoms with Crippen LogP contribution in [0, 0.1) is 0 Å². The molecule has 0 aliphatic heterocycles. The van der Waals surface area contributed by atoms with E-state index in [1.54, 1.807) is 0 Å². The first-order chi connectivity index (χ1) is 10.1. The molecule has 0 bridgehead atoms. The van der Waals surface area contributed by atoms with Crippen molar-refractivity contribution in [1.29, 1.82) is 0 Å². The van der Waals surface area contributed by atoms with E-state index in [4.69, 9.17) is 4.52 Å². The van der Waals surface area contributed by atoms with Crippen molar-refractivity contribution >= 4 is 29.4 Å². The second-order valence-corrected chi connectivity index (χ2v) is 12.1. The molecule has 0 saturated carbocycles. The molecule has 2 nitrogen and oxygen atoms in total. The highest BCUT2D eigenvalue weighted by Crippen LogP contribution is 2.64. The summed E-state index contributed by atoms with van der Waals surface area (Å²) in [4.78, 5) is 0. The zero-order chi connectivity index (χ0) is 15.8. The van der Waals surface area contributed by atoms with Crippen LogP contribution in [0.1, 0.15) is 90.9 Å². The van der Waals surface area contributed by atoms with Crippen molar-refractivity contribution < 1.29 is 9.09 Å². The normalized spacial score (nSPS) is 14.2. The lowest BCUT2D eigenvalue weighted by Crippen LogP contribution is -1.90. The topological polar surface area (TPSA) is 26.3 Å². The van der Waals surface area contributed by atoms with Gasteiger partial charge in [0.05, 0.1) is 6.61 Å². The van der Waals surface area contributed by atoms with E-state index >= 15 is 0 Å². The Morgan fingerprint density at radius 3 is 1.86 bits per heavy atom. The maximum atomic E-state index is 12.1. The minimum atomic E-state index is -2.70. The summed E-state index contributed by atoms with van der Waals surface area (Å²) in [6.07, 6.45) is 14.9. The fourth-order valence-electron chi connectivity index (χ4n) is 2.16. The molecular formula is C16H35O2PS2. The molecule has 1 atom stereocenters. The van der Waals surface area contributed by atoms with Crippen LogP contribution in [0.5, 0.6) is 0 Å². The van der Waals surface area contributed by atoms with Crippen molar-refractivity contribution in [2.24, 2.45) is 0 Å². The van der Waals surface area contributed by atoms with Gasteiger partial charge in [-0.2, -0.15) is 0 Å². The Morgan fingerprint density at radius 1 is 0.810 bits per heavy atom. The van der Waals surface area contributed by atoms with Crippen LogP contribution in [-0.2, 0) is 9.09 Å². The molecule has 21 heavy (non-hydrogen) atoms. The number of unbranched alkanes of at least 4 members (excludes halogenated alkanes) is 10. The molecule has 0 radical (unpaired) electrons. The number of hydrogen-bond donors (Lipinski definition) is 1. The van der Waals surface area contributed by atoms with Crippen LogP contribution in [0.3, 0.4) is 0 Å². The number of thiol groups is 1. The van der Waals surface area contributed by atoms with Crippen molar-refractivity contribution in [2.45, 2.75) is 90.9 Å². The van der Waals surface area contributed by atoms with Crippen LogP contribution >= 0.6 is 29.4 Å². The molecule has 0 rings (SSSR count). The van der Waals surface area contributed by atoms with Gasteiger partial charge >= 0.3 is 5.77 Å². The Balaban J connectivity index is 3.37. The second kappa shape index (κ2) is 15.8. The van der Waals surface area contributed by atoms with Gasteiger partial charge in [-0.15, -0.1) is 0 Å². The lowest BCUT2D eigenvalue weighted by atomic mass is 10.1. The van der Waals surface area contributed by atoms with Crippen molar-refractivity contribution in [3.8, 4) is 0 Å². The standard InChI is InChI=1S/C16H35O2PS2/c1-3-5-7-9-11-13-15-18-19(17,20)21-16-14-12-10-8-6-4-2/h3-16H2,1-2H3,(H,17,20). The average Bonchev–Trinajstić information content (AvgIpc) is 2.45. The maximum Gasteiger partial charge on any atom is 0.310 e. The summed E-state index contributed by atoms with van der Waals surface area (Å²) >= 11 is 5.61. The van der Waals surface area contributed by atoms with E-state index in [-0.39, 0.29) is 0 Å². The van der Waals surface area contributed by atoms with Gasteiger partial charge in [0.2, 0.25) is 0 Å². The highest BCUT2D eigenvalue weighted by molar-refractivity contribution is 8.84. The monoisotopic (exact) mass is 354 g/mol. The van der Waals surface area contributed by atoms with E-state index < -0.39 is 5.77 Å². The lowest BCUT2D eigenvalue weighted by Gasteiger charge is -2.12. The van der Waals surface area contributed by atoms with Gasteiger partial charge in [-0.3, -0.25) is 4.57 Å². The zero-order valence-electron chi connectivity index (χ0n) is 14.0. The first kappa shape index (κ1) is 21.9. The van der Waals surface area contributed by atoms with Crippen LogP contribution in [-0.4, -0.2) is 12.4 Å². The molecule has 128 valence electrons. The zero-order valence-corrected chi connectivity index (χ0v) is 16.6. The van der Waals surface area contributed by atoms with E-state index in [9.17, 15) is 4.57 Å². The Kier molecular flexibility index (Phi) is 16.4. The molecule has 0 aromatic rings. The molecular weight excluding hydrogens is 319 g/mol. The molecule has 0 fully saturated rings. The summed E-state index contributed by atoms with van der Waals surface area (Å²) in [6.45, 7) is 5.05. The van der Waals surface area contributed by atoms with Gasteiger partial charge in [-0.1, -0.05) is 102 Å². The Morgan fingerprint density at radius 2 is 1.29 bits per heavy atom. The molecule has 0 heterocycles. The summed E-state index contributed by atoms with van der Waals surface area (Å²) in [5.74, 6) is -1.80. The van der Waals surface area contributed by atoms with E-state index in [1.165, 1.54) is 75.6 Å².